The number of nitrogens with zero attached hydrogens (tertiary/aromatic N) is 1. The van der Waals surface area contributed by atoms with E-state index < -0.39 is 16.2 Å². The van der Waals surface area contributed by atoms with E-state index in [9.17, 15) is 13.2 Å². The lowest BCUT2D eigenvalue weighted by Crippen LogP contribution is -2.46. The Hall–Kier alpha value is -1.40. The Balaban J connectivity index is 2.12. The number of hydrogen-bond acceptors (Lipinski definition) is 3. The highest BCUT2D eigenvalue weighted by Gasteiger charge is 2.28. The third-order valence-electron chi connectivity index (χ3n) is 3.23. The zero-order chi connectivity index (χ0) is 14.0. The first-order valence-corrected chi connectivity index (χ1v) is 7.77. The average molecular weight is 282 g/mol. The van der Waals surface area contributed by atoms with Gasteiger partial charge in [0.15, 0.2) is 0 Å². The molecule has 6 heteroatoms. The number of amides is 1. The molecule has 1 aliphatic heterocycles. The summed E-state index contributed by atoms with van der Waals surface area (Å²) in [4.78, 5) is 13.4. The molecule has 19 heavy (non-hydrogen) atoms. The van der Waals surface area contributed by atoms with Crippen LogP contribution in [0.25, 0.3) is 0 Å². The first-order chi connectivity index (χ1) is 8.90. The number of hydrogen-bond donors (Lipinski definition) is 1. The molecule has 1 aromatic rings. The highest BCUT2D eigenvalue weighted by molar-refractivity contribution is 7.89. The maximum absolute atomic E-state index is 12.2. The van der Waals surface area contributed by atoms with Gasteiger partial charge in [0, 0.05) is 13.0 Å². The first-order valence-electron chi connectivity index (χ1n) is 6.28. The summed E-state index contributed by atoms with van der Waals surface area (Å²) in [5, 5.41) is 0. The largest absolute Gasteiger partial charge is 0.326 e. The van der Waals surface area contributed by atoms with Crippen molar-refractivity contribution in [2.45, 2.75) is 37.8 Å². The van der Waals surface area contributed by atoms with Gasteiger partial charge in [-0.3, -0.25) is 4.79 Å². The Kier molecular flexibility index (Phi) is 3.91. The smallest absolute Gasteiger partial charge is 0.242 e. The predicted molar refractivity (Wildman–Crippen MR) is 71.9 cm³/mol. The van der Waals surface area contributed by atoms with Gasteiger partial charge in [0.2, 0.25) is 15.9 Å². The Bertz CT molecular complexity index is 566. The lowest BCUT2D eigenvalue weighted by atomic mass is 10.2. The summed E-state index contributed by atoms with van der Waals surface area (Å²) in [6.45, 7) is 4.20. The van der Waals surface area contributed by atoms with Crippen LogP contribution in [-0.2, 0) is 14.8 Å². The lowest BCUT2D eigenvalue weighted by Gasteiger charge is -2.24. The van der Waals surface area contributed by atoms with Gasteiger partial charge < -0.3 is 4.90 Å². The van der Waals surface area contributed by atoms with Crippen molar-refractivity contribution in [3.05, 3.63) is 29.8 Å². The van der Waals surface area contributed by atoms with Gasteiger partial charge in [-0.1, -0.05) is 17.7 Å². The van der Waals surface area contributed by atoms with E-state index in [1.807, 2.05) is 6.92 Å². The zero-order valence-electron chi connectivity index (χ0n) is 11.1. The third-order valence-corrected chi connectivity index (χ3v) is 4.78. The van der Waals surface area contributed by atoms with E-state index in [-0.39, 0.29) is 10.8 Å². The molecule has 0 spiro atoms. The lowest BCUT2D eigenvalue weighted by molar-refractivity contribution is -0.129. The van der Waals surface area contributed by atoms with Crippen LogP contribution in [0.1, 0.15) is 25.3 Å². The van der Waals surface area contributed by atoms with Crippen molar-refractivity contribution in [1.29, 1.82) is 0 Å². The molecule has 1 saturated heterocycles. The van der Waals surface area contributed by atoms with E-state index in [2.05, 4.69) is 4.72 Å². The monoisotopic (exact) mass is 282 g/mol. The standard InChI is InChI=1S/C13H18N2O3S/c1-10-5-7-12(8-6-10)19(17,18)14-11(2)15-9-3-4-13(15)16/h5-8,11,14H,3-4,9H2,1-2H3. The minimum Gasteiger partial charge on any atom is -0.326 e. The maximum atomic E-state index is 12.2. The molecule has 1 unspecified atom stereocenters. The quantitative estimate of drug-likeness (QED) is 0.903. The fourth-order valence-electron chi connectivity index (χ4n) is 2.15. The fraction of sp³-hybridized carbons (Fsp3) is 0.462. The SMILES string of the molecule is Cc1ccc(S(=O)(=O)NC(C)N2CCCC2=O)cc1. The molecule has 0 saturated carbocycles. The summed E-state index contributed by atoms with van der Waals surface area (Å²) >= 11 is 0. The molecule has 1 aliphatic rings. The minimum atomic E-state index is -3.58. The Labute approximate surface area is 113 Å². The molecule has 1 amide bonds. The van der Waals surface area contributed by atoms with E-state index in [0.29, 0.717) is 13.0 Å². The second kappa shape index (κ2) is 5.30. The molecule has 0 bridgehead atoms. The van der Waals surface area contributed by atoms with E-state index in [4.69, 9.17) is 0 Å². The molecule has 1 N–H and O–H groups in total. The van der Waals surface area contributed by atoms with E-state index >= 15 is 0 Å². The van der Waals surface area contributed by atoms with Crippen molar-refractivity contribution in [1.82, 2.24) is 9.62 Å². The van der Waals surface area contributed by atoms with Crippen LogP contribution in [0.3, 0.4) is 0 Å². The first kappa shape index (κ1) is 14.0. The topological polar surface area (TPSA) is 66.5 Å². The Morgan fingerprint density at radius 3 is 2.42 bits per heavy atom. The number of benzene rings is 1. The second-order valence-corrected chi connectivity index (χ2v) is 6.51. The van der Waals surface area contributed by atoms with Gasteiger partial charge in [0.05, 0.1) is 11.1 Å². The molecular formula is C13H18N2O3S. The molecule has 1 fully saturated rings. The molecule has 2 rings (SSSR count). The van der Waals surface area contributed by atoms with Crippen LogP contribution in [0.5, 0.6) is 0 Å². The van der Waals surface area contributed by atoms with Crippen LogP contribution in [-0.4, -0.2) is 31.9 Å². The van der Waals surface area contributed by atoms with Crippen LogP contribution < -0.4 is 4.72 Å². The van der Waals surface area contributed by atoms with Crippen molar-refractivity contribution in [3.8, 4) is 0 Å². The van der Waals surface area contributed by atoms with Crippen molar-refractivity contribution in [3.63, 3.8) is 0 Å². The number of likely N-dealkylation sites (tertiary alicyclic amines) is 1. The molecule has 5 nitrogen and oxygen atoms in total. The maximum Gasteiger partial charge on any atom is 0.242 e. The van der Waals surface area contributed by atoms with Crippen molar-refractivity contribution >= 4 is 15.9 Å². The third kappa shape index (κ3) is 3.13. The Morgan fingerprint density at radius 1 is 1.26 bits per heavy atom. The number of sulfonamides is 1. The highest BCUT2D eigenvalue weighted by Crippen LogP contribution is 2.15. The molecule has 0 aliphatic carbocycles. The van der Waals surface area contributed by atoms with Crippen molar-refractivity contribution in [2.75, 3.05) is 6.54 Å². The van der Waals surface area contributed by atoms with Gasteiger partial charge in [-0.05, 0) is 32.4 Å². The van der Waals surface area contributed by atoms with Crippen molar-refractivity contribution in [2.24, 2.45) is 0 Å². The van der Waals surface area contributed by atoms with Gasteiger partial charge in [0.25, 0.3) is 0 Å². The normalized spacial score (nSPS) is 17.8. The molecule has 104 valence electrons. The van der Waals surface area contributed by atoms with Gasteiger partial charge in [-0.15, -0.1) is 0 Å². The summed E-state index contributed by atoms with van der Waals surface area (Å²) < 4.78 is 26.9. The second-order valence-electron chi connectivity index (χ2n) is 4.80. The van der Waals surface area contributed by atoms with Crippen LogP contribution in [0.15, 0.2) is 29.2 Å². The number of carbonyl (C=O) groups is 1. The number of rotatable bonds is 4. The highest BCUT2D eigenvalue weighted by atomic mass is 32.2. The van der Waals surface area contributed by atoms with Crippen LogP contribution in [0.2, 0.25) is 0 Å². The zero-order valence-corrected chi connectivity index (χ0v) is 11.9. The minimum absolute atomic E-state index is 0.000828. The van der Waals surface area contributed by atoms with Crippen LogP contribution in [0, 0.1) is 6.92 Å². The van der Waals surface area contributed by atoms with E-state index in [0.717, 1.165) is 12.0 Å². The molecule has 0 aromatic heterocycles. The molecular weight excluding hydrogens is 264 g/mol. The number of carbonyl (C=O) groups excluding carboxylic acids is 1. The summed E-state index contributed by atoms with van der Waals surface area (Å²) in [6.07, 6.45) is 0.771. The van der Waals surface area contributed by atoms with E-state index in [1.165, 1.54) is 0 Å². The number of nitrogens with one attached hydrogen (secondary N) is 1. The summed E-state index contributed by atoms with van der Waals surface area (Å²) in [6, 6.07) is 6.63. The predicted octanol–water partition coefficient (Wildman–Crippen LogP) is 1.24. The summed E-state index contributed by atoms with van der Waals surface area (Å²) in [5.41, 5.74) is 1.00. The average Bonchev–Trinajstić information content (AvgIpc) is 2.75. The van der Waals surface area contributed by atoms with E-state index in [1.54, 1.807) is 36.1 Å². The molecule has 1 atom stereocenters. The fourth-order valence-corrected chi connectivity index (χ4v) is 3.36. The van der Waals surface area contributed by atoms with Gasteiger partial charge in [-0.2, -0.15) is 4.72 Å². The van der Waals surface area contributed by atoms with Crippen LogP contribution >= 0.6 is 0 Å². The summed E-state index contributed by atoms with van der Waals surface area (Å²) in [7, 11) is -3.58. The van der Waals surface area contributed by atoms with Gasteiger partial charge in [-0.25, -0.2) is 8.42 Å². The Morgan fingerprint density at radius 2 is 1.89 bits per heavy atom. The molecule has 0 radical (unpaired) electrons. The van der Waals surface area contributed by atoms with Gasteiger partial charge >= 0.3 is 0 Å². The number of aryl methyl sites for hydroxylation is 1. The molecule has 1 heterocycles. The summed E-state index contributed by atoms with van der Waals surface area (Å²) in [5.74, 6) is -0.000828. The van der Waals surface area contributed by atoms with Crippen molar-refractivity contribution < 1.29 is 13.2 Å². The van der Waals surface area contributed by atoms with Gasteiger partial charge in [0.1, 0.15) is 0 Å². The van der Waals surface area contributed by atoms with Crippen LogP contribution in [0.4, 0.5) is 0 Å². The molecule has 1 aromatic carbocycles.